The van der Waals surface area contributed by atoms with Gasteiger partial charge in [0.25, 0.3) is 0 Å². The van der Waals surface area contributed by atoms with Crippen LogP contribution in [0.3, 0.4) is 0 Å². The van der Waals surface area contributed by atoms with E-state index in [4.69, 9.17) is 11.6 Å². The van der Waals surface area contributed by atoms with Crippen LogP contribution in [0, 0.1) is 3.57 Å². The SMILES string of the molecule is CCCCNc1ccc(Cl)cc1I. The topological polar surface area (TPSA) is 12.0 Å². The third-order valence-electron chi connectivity index (χ3n) is 1.78. The highest BCUT2D eigenvalue weighted by Crippen LogP contribution is 2.22. The molecule has 0 radical (unpaired) electrons. The van der Waals surface area contributed by atoms with Gasteiger partial charge in [-0.3, -0.25) is 0 Å². The predicted octanol–water partition coefficient (Wildman–Crippen LogP) is 4.16. The Morgan fingerprint density at radius 2 is 2.23 bits per heavy atom. The van der Waals surface area contributed by atoms with E-state index in [1.165, 1.54) is 22.1 Å². The first kappa shape index (κ1) is 11.1. The van der Waals surface area contributed by atoms with E-state index in [9.17, 15) is 0 Å². The van der Waals surface area contributed by atoms with Crippen LogP contribution < -0.4 is 5.32 Å². The largest absolute Gasteiger partial charge is 0.384 e. The van der Waals surface area contributed by atoms with E-state index in [-0.39, 0.29) is 0 Å². The lowest BCUT2D eigenvalue weighted by atomic mass is 10.3. The van der Waals surface area contributed by atoms with E-state index in [0.29, 0.717) is 0 Å². The summed E-state index contributed by atoms with van der Waals surface area (Å²) < 4.78 is 1.18. The zero-order valence-electron chi connectivity index (χ0n) is 7.61. The van der Waals surface area contributed by atoms with Crippen molar-refractivity contribution in [2.24, 2.45) is 0 Å². The van der Waals surface area contributed by atoms with Gasteiger partial charge >= 0.3 is 0 Å². The minimum Gasteiger partial charge on any atom is -0.384 e. The van der Waals surface area contributed by atoms with E-state index in [1.54, 1.807) is 0 Å². The standard InChI is InChI=1S/C10H13ClIN/c1-2-3-6-13-10-5-4-8(11)7-9(10)12/h4-5,7,13H,2-3,6H2,1H3. The quantitative estimate of drug-likeness (QED) is 0.650. The summed E-state index contributed by atoms with van der Waals surface area (Å²) in [7, 11) is 0. The van der Waals surface area contributed by atoms with Crippen molar-refractivity contribution in [3.05, 3.63) is 26.8 Å². The van der Waals surface area contributed by atoms with Crippen LogP contribution in [0.5, 0.6) is 0 Å². The van der Waals surface area contributed by atoms with Crippen LogP contribution in [-0.2, 0) is 0 Å². The van der Waals surface area contributed by atoms with Gasteiger partial charge in [-0.2, -0.15) is 0 Å². The molecule has 1 rings (SSSR count). The number of hydrogen-bond acceptors (Lipinski definition) is 1. The number of halogens is 2. The fraction of sp³-hybridized carbons (Fsp3) is 0.400. The first-order valence-electron chi connectivity index (χ1n) is 4.43. The van der Waals surface area contributed by atoms with Crippen LogP contribution in [0.15, 0.2) is 18.2 Å². The summed E-state index contributed by atoms with van der Waals surface area (Å²) in [6, 6.07) is 5.91. The highest BCUT2D eigenvalue weighted by atomic mass is 127. The second-order valence-electron chi connectivity index (χ2n) is 2.90. The van der Waals surface area contributed by atoms with Crippen molar-refractivity contribution < 1.29 is 0 Å². The molecule has 0 unspecified atom stereocenters. The summed E-state index contributed by atoms with van der Waals surface area (Å²) in [6.45, 7) is 3.22. The predicted molar refractivity (Wildman–Crippen MR) is 67.6 cm³/mol. The molecule has 0 spiro atoms. The Kier molecular flexibility index (Phi) is 4.88. The molecular weight excluding hydrogens is 296 g/mol. The molecule has 1 N–H and O–H groups in total. The molecular formula is C10H13ClIN. The summed E-state index contributed by atoms with van der Waals surface area (Å²) in [5.41, 5.74) is 1.18. The molecule has 0 fully saturated rings. The first-order chi connectivity index (χ1) is 6.24. The lowest BCUT2D eigenvalue weighted by Gasteiger charge is -2.07. The minimum absolute atomic E-state index is 0.797. The van der Waals surface area contributed by atoms with Crippen LogP contribution in [0.25, 0.3) is 0 Å². The number of rotatable bonds is 4. The lowest BCUT2D eigenvalue weighted by molar-refractivity contribution is 0.834. The van der Waals surface area contributed by atoms with Gasteiger partial charge in [-0.25, -0.2) is 0 Å². The van der Waals surface area contributed by atoms with Gasteiger partial charge in [0.15, 0.2) is 0 Å². The minimum atomic E-state index is 0.797. The second-order valence-corrected chi connectivity index (χ2v) is 4.50. The molecule has 0 aromatic heterocycles. The van der Waals surface area contributed by atoms with Gasteiger partial charge < -0.3 is 5.32 Å². The molecule has 72 valence electrons. The zero-order valence-corrected chi connectivity index (χ0v) is 10.5. The number of nitrogens with one attached hydrogen (secondary N) is 1. The molecule has 0 heterocycles. The monoisotopic (exact) mass is 309 g/mol. The molecule has 0 bridgehead atoms. The van der Waals surface area contributed by atoms with Crippen molar-refractivity contribution in [1.82, 2.24) is 0 Å². The molecule has 13 heavy (non-hydrogen) atoms. The molecule has 1 nitrogen and oxygen atoms in total. The Balaban J connectivity index is 2.56. The van der Waals surface area contributed by atoms with Crippen molar-refractivity contribution in [3.63, 3.8) is 0 Å². The maximum absolute atomic E-state index is 5.85. The lowest BCUT2D eigenvalue weighted by Crippen LogP contribution is -2.02. The number of hydrogen-bond donors (Lipinski definition) is 1. The van der Waals surface area contributed by atoms with E-state index in [2.05, 4.69) is 34.8 Å². The Labute approximate surface area is 98.0 Å². The zero-order chi connectivity index (χ0) is 9.68. The van der Waals surface area contributed by atoms with Gasteiger partial charge in [-0.05, 0) is 47.2 Å². The molecule has 3 heteroatoms. The third-order valence-corrected chi connectivity index (χ3v) is 2.90. The van der Waals surface area contributed by atoms with Crippen LogP contribution in [0.1, 0.15) is 19.8 Å². The Bertz CT molecular complexity index is 276. The molecule has 0 aliphatic rings. The summed E-state index contributed by atoms with van der Waals surface area (Å²) in [5, 5.41) is 4.17. The van der Waals surface area contributed by atoms with Crippen molar-refractivity contribution in [1.29, 1.82) is 0 Å². The Morgan fingerprint density at radius 1 is 1.46 bits per heavy atom. The fourth-order valence-corrected chi connectivity index (χ4v) is 2.09. The van der Waals surface area contributed by atoms with Crippen LogP contribution in [0.2, 0.25) is 5.02 Å². The second kappa shape index (κ2) is 5.70. The van der Waals surface area contributed by atoms with Crippen LogP contribution in [0.4, 0.5) is 5.69 Å². The fourth-order valence-electron chi connectivity index (χ4n) is 1.03. The van der Waals surface area contributed by atoms with Gasteiger partial charge in [0.2, 0.25) is 0 Å². The molecule has 0 aliphatic heterocycles. The average Bonchev–Trinajstić information content (AvgIpc) is 2.09. The molecule has 0 saturated carbocycles. The average molecular weight is 310 g/mol. The molecule has 0 amide bonds. The Hall–Kier alpha value is 0.0400. The molecule has 1 aromatic rings. The molecule has 0 saturated heterocycles. The highest BCUT2D eigenvalue weighted by molar-refractivity contribution is 14.1. The molecule has 0 aliphatic carbocycles. The number of anilines is 1. The van der Waals surface area contributed by atoms with Crippen LogP contribution >= 0.6 is 34.2 Å². The van der Waals surface area contributed by atoms with E-state index in [0.717, 1.165) is 11.6 Å². The van der Waals surface area contributed by atoms with Crippen LogP contribution in [-0.4, -0.2) is 6.54 Å². The van der Waals surface area contributed by atoms with Crippen molar-refractivity contribution in [3.8, 4) is 0 Å². The van der Waals surface area contributed by atoms with E-state index in [1.807, 2.05) is 18.2 Å². The van der Waals surface area contributed by atoms with Gasteiger partial charge in [-0.1, -0.05) is 24.9 Å². The number of benzene rings is 1. The first-order valence-corrected chi connectivity index (χ1v) is 5.88. The molecule has 1 aromatic carbocycles. The third kappa shape index (κ3) is 3.73. The smallest absolute Gasteiger partial charge is 0.0476 e. The number of unbranched alkanes of at least 4 members (excludes halogenated alkanes) is 1. The van der Waals surface area contributed by atoms with E-state index < -0.39 is 0 Å². The highest BCUT2D eigenvalue weighted by Gasteiger charge is 1.98. The maximum atomic E-state index is 5.85. The Morgan fingerprint density at radius 3 is 2.85 bits per heavy atom. The van der Waals surface area contributed by atoms with Crippen molar-refractivity contribution in [2.45, 2.75) is 19.8 Å². The normalized spacial score (nSPS) is 10.1. The van der Waals surface area contributed by atoms with Crippen molar-refractivity contribution in [2.75, 3.05) is 11.9 Å². The summed E-state index contributed by atoms with van der Waals surface area (Å²) in [4.78, 5) is 0. The summed E-state index contributed by atoms with van der Waals surface area (Å²) in [5.74, 6) is 0. The molecule has 0 atom stereocenters. The van der Waals surface area contributed by atoms with Crippen molar-refractivity contribution >= 4 is 39.9 Å². The van der Waals surface area contributed by atoms with Gasteiger partial charge in [0, 0.05) is 20.8 Å². The van der Waals surface area contributed by atoms with Gasteiger partial charge in [0.05, 0.1) is 0 Å². The van der Waals surface area contributed by atoms with Gasteiger partial charge in [0.1, 0.15) is 0 Å². The maximum Gasteiger partial charge on any atom is 0.0476 e. The summed E-state index contributed by atoms with van der Waals surface area (Å²) >= 11 is 8.14. The van der Waals surface area contributed by atoms with E-state index >= 15 is 0 Å². The van der Waals surface area contributed by atoms with Gasteiger partial charge in [-0.15, -0.1) is 0 Å². The summed E-state index contributed by atoms with van der Waals surface area (Å²) in [6.07, 6.45) is 2.43.